The molecule has 0 radical (unpaired) electrons. The number of carbonyl (C=O) groups excluding carboxylic acids is 1. The number of aliphatic hydroxyl groups is 1. The third-order valence-electron chi connectivity index (χ3n) is 4.64. The first kappa shape index (κ1) is 27.6. The number of benzene rings is 2. The van der Waals surface area contributed by atoms with Gasteiger partial charge in [0.25, 0.3) is 10.1 Å². The van der Waals surface area contributed by atoms with Crippen molar-refractivity contribution in [3.8, 4) is 5.75 Å². The van der Waals surface area contributed by atoms with Gasteiger partial charge in [0, 0.05) is 13.0 Å². The van der Waals surface area contributed by atoms with Crippen LogP contribution in [0.25, 0.3) is 0 Å². The first-order valence-electron chi connectivity index (χ1n) is 10.9. The van der Waals surface area contributed by atoms with Crippen LogP contribution in [0.2, 0.25) is 0 Å². The van der Waals surface area contributed by atoms with Crippen molar-refractivity contribution in [1.29, 1.82) is 0 Å². The second kappa shape index (κ2) is 12.2. The van der Waals surface area contributed by atoms with Gasteiger partial charge in [-0.25, -0.2) is 4.79 Å². The summed E-state index contributed by atoms with van der Waals surface area (Å²) in [6.07, 6.45) is -1.23. The molecule has 2 rings (SSSR count). The van der Waals surface area contributed by atoms with E-state index in [-0.39, 0.29) is 43.4 Å². The molecule has 3 N–H and O–H groups in total. The van der Waals surface area contributed by atoms with Gasteiger partial charge in [-0.3, -0.25) is 4.18 Å². The fourth-order valence-electron chi connectivity index (χ4n) is 3.01. The van der Waals surface area contributed by atoms with Crippen LogP contribution in [0.3, 0.4) is 0 Å². The zero-order valence-corrected chi connectivity index (χ0v) is 20.7. The summed E-state index contributed by atoms with van der Waals surface area (Å²) >= 11 is 0. The highest BCUT2D eigenvalue weighted by Gasteiger charge is 2.20. The van der Waals surface area contributed by atoms with E-state index < -0.39 is 27.9 Å². The molecule has 2 aromatic carbocycles. The van der Waals surface area contributed by atoms with Crippen molar-refractivity contribution in [2.45, 2.75) is 50.7 Å². The predicted molar refractivity (Wildman–Crippen MR) is 126 cm³/mol. The summed E-state index contributed by atoms with van der Waals surface area (Å²) in [5, 5.41) is 22.6. The van der Waals surface area contributed by atoms with E-state index in [4.69, 9.17) is 13.7 Å². The number of hydrogen-bond donors (Lipinski definition) is 3. The molecular formula is C24H33NO8S. The third kappa shape index (κ3) is 9.30. The Morgan fingerprint density at radius 1 is 1.06 bits per heavy atom. The minimum absolute atomic E-state index is 0.0113. The molecule has 10 heteroatoms. The maximum absolute atomic E-state index is 12.6. The van der Waals surface area contributed by atoms with Crippen LogP contribution in [0.15, 0.2) is 47.4 Å². The molecule has 1 amide bonds. The van der Waals surface area contributed by atoms with E-state index in [0.717, 1.165) is 11.1 Å². The van der Waals surface area contributed by atoms with Crippen LogP contribution in [0.4, 0.5) is 4.79 Å². The van der Waals surface area contributed by atoms with Crippen molar-refractivity contribution in [1.82, 2.24) is 5.32 Å². The molecule has 0 fully saturated rings. The molecule has 34 heavy (non-hydrogen) atoms. The number of rotatable bonds is 11. The van der Waals surface area contributed by atoms with Gasteiger partial charge in [-0.15, -0.1) is 0 Å². The fraction of sp³-hybridized carbons (Fsp3) is 0.458. The van der Waals surface area contributed by atoms with Crippen LogP contribution in [-0.2, 0) is 30.2 Å². The van der Waals surface area contributed by atoms with Gasteiger partial charge in [0.15, 0.2) is 0 Å². The molecule has 188 valence electrons. The smallest absolute Gasteiger partial charge is 0.407 e. The summed E-state index contributed by atoms with van der Waals surface area (Å²) in [4.78, 5) is 11.5. The fourth-order valence-corrected chi connectivity index (χ4v) is 3.94. The Kier molecular flexibility index (Phi) is 9.87. The standard InChI is InChI=1S/C24H33NO8S/c1-17-5-10-20(16-21(17)22(27)15-18-6-8-19(26)9-7-18)34(29,30)32-14-13-31-12-11-25-23(28)33-24(2,3)4/h5-10,16,22,26-27H,11-15H2,1-4H3,(H,25,28). The van der Waals surface area contributed by atoms with Crippen LogP contribution in [-0.4, -0.2) is 56.7 Å². The van der Waals surface area contributed by atoms with Crippen LogP contribution in [0.5, 0.6) is 5.75 Å². The van der Waals surface area contributed by atoms with Gasteiger partial charge in [-0.05, 0) is 68.7 Å². The predicted octanol–water partition coefficient (Wildman–Crippen LogP) is 3.22. The monoisotopic (exact) mass is 495 g/mol. The van der Waals surface area contributed by atoms with Crippen LogP contribution in [0.1, 0.15) is 43.6 Å². The Bertz CT molecular complexity index is 1050. The molecule has 1 atom stereocenters. The Hall–Kier alpha value is -2.66. The number of alkyl carbamates (subject to hydrolysis) is 1. The lowest BCUT2D eigenvalue weighted by molar-refractivity contribution is 0.0490. The Balaban J connectivity index is 1.84. The van der Waals surface area contributed by atoms with E-state index in [9.17, 15) is 23.4 Å². The summed E-state index contributed by atoms with van der Waals surface area (Å²) in [6.45, 7) is 7.25. The van der Waals surface area contributed by atoms with E-state index in [1.807, 2.05) is 0 Å². The number of aromatic hydroxyl groups is 1. The van der Waals surface area contributed by atoms with E-state index in [2.05, 4.69) is 5.32 Å². The van der Waals surface area contributed by atoms with Crippen molar-refractivity contribution in [3.05, 3.63) is 59.2 Å². The summed E-state index contributed by atoms with van der Waals surface area (Å²) in [7, 11) is -4.05. The lowest BCUT2D eigenvalue weighted by Gasteiger charge is -2.19. The van der Waals surface area contributed by atoms with Crippen LogP contribution >= 0.6 is 0 Å². The molecule has 0 bridgehead atoms. The van der Waals surface area contributed by atoms with E-state index >= 15 is 0 Å². The Labute approximate surface area is 200 Å². The number of aryl methyl sites for hydroxylation is 1. The van der Waals surface area contributed by atoms with Crippen molar-refractivity contribution in [3.63, 3.8) is 0 Å². The van der Waals surface area contributed by atoms with Gasteiger partial charge >= 0.3 is 6.09 Å². The maximum Gasteiger partial charge on any atom is 0.407 e. The van der Waals surface area contributed by atoms with E-state index in [0.29, 0.717) is 5.56 Å². The summed E-state index contributed by atoms with van der Waals surface area (Å²) in [6, 6.07) is 10.9. The number of ether oxygens (including phenoxy) is 2. The highest BCUT2D eigenvalue weighted by molar-refractivity contribution is 7.86. The molecule has 9 nitrogen and oxygen atoms in total. The molecule has 0 heterocycles. The number of hydrogen-bond acceptors (Lipinski definition) is 8. The number of aliphatic hydroxyl groups excluding tert-OH is 1. The van der Waals surface area contributed by atoms with Crippen LogP contribution in [0, 0.1) is 6.92 Å². The summed E-state index contributed by atoms with van der Waals surface area (Å²) in [5.74, 6) is 0.128. The number of phenols is 1. The largest absolute Gasteiger partial charge is 0.508 e. The first-order chi connectivity index (χ1) is 15.9. The molecule has 0 aliphatic heterocycles. The second-order valence-electron chi connectivity index (χ2n) is 8.72. The van der Waals surface area contributed by atoms with Gasteiger partial charge in [0.2, 0.25) is 0 Å². The summed E-state index contributed by atoms with van der Waals surface area (Å²) in [5.41, 5.74) is 1.42. The lowest BCUT2D eigenvalue weighted by atomic mass is 9.98. The zero-order valence-electron chi connectivity index (χ0n) is 19.9. The van der Waals surface area contributed by atoms with E-state index in [1.54, 1.807) is 45.9 Å². The molecule has 0 aliphatic carbocycles. The average molecular weight is 496 g/mol. The zero-order chi connectivity index (χ0) is 25.4. The molecule has 0 aliphatic rings. The molecule has 0 saturated carbocycles. The quantitative estimate of drug-likeness (QED) is 0.320. The number of phenolic OH excluding ortho intramolecular Hbond substituents is 1. The highest BCUT2D eigenvalue weighted by atomic mass is 32.2. The van der Waals surface area contributed by atoms with Crippen molar-refractivity contribution in [2.24, 2.45) is 0 Å². The second-order valence-corrected chi connectivity index (χ2v) is 10.3. The third-order valence-corrected chi connectivity index (χ3v) is 5.95. The topological polar surface area (TPSA) is 131 Å². The highest BCUT2D eigenvalue weighted by Crippen LogP contribution is 2.26. The number of amides is 1. The molecule has 0 spiro atoms. The molecule has 2 aromatic rings. The molecule has 0 saturated heterocycles. The van der Waals surface area contributed by atoms with Gasteiger partial charge < -0.3 is 25.0 Å². The Morgan fingerprint density at radius 2 is 1.74 bits per heavy atom. The molecule has 1 unspecified atom stereocenters. The van der Waals surface area contributed by atoms with Gasteiger partial charge in [0.1, 0.15) is 11.4 Å². The maximum atomic E-state index is 12.6. The SMILES string of the molecule is Cc1ccc(S(=O)(=O)OCCOCCNC(=O)OC(C)(C)C)cc1C(O)Cc1ccc(O)cc1. The summed E-state index contributed by atoms with van der Waals surface area (Å²) < 4.78 is 40.5. The van der Waals surface area contributed by atoms with E-state index in [1.165, 1.54) is 24.3 Å². The van der Waals surface area contributed by atoms with Gasteiger partial charge in [0.05, 0.1) is 30.8 Å². The van der Waals surface area contributed by atoms with Gasteiger partial charge in [-0.2, -0.15) is 8.42 Å². The Morgan fingerprint density at radius 3 is 2.38 bits per heavy atom. The van der Waals surface area contributed by atoms with Crippen molar-refractivity contribution in [2.75, 3.05) is 26.4 Å². The number of nitrogens with one attached hydrogen (secondary N) is 1. The lowest BCUT2D eigenvalue weighted by Crippen LogP contribution is -2.34. The molecule has 0 aromatic heterocycles. The van der Waals surface area contributed by atoms with Crippen molar-refractivity contribution >= 4 is 16.2 Å². The van der Waals surface area contributed by atoms with Gasteiger partial charge in [-0.1, -0.05) is 18.2 Å². The minimum atomic E-state index is -4.05. The van der Waals surface area contributed by atoms with Crippen LogP contribution < -0.4 is 5.32 Å². The minimum Gasteiger partial charge on any atom is -0.508 e. The normalized spacial score (nSPS) is 12.9. The van der Waals surface area contributed by atoms with Crippen molar-refractivity contribution < 1.29 is 37.1 Å². The average Bonchev–Trinajstić information content (AvgIpc) is 2.73. The number of carbonyl (C=O) groups is 1. The first-order valence-corrected chi connectivity index (χ1v) is 12.3. The molecular weight excluding hydrogens is 462 g/mol.